The van der Waals surface area contributed by atoms with Gasteiger partial charge in [0, 0.05) is 38.1 Å². The number of rotatable bonds is 5. The summed E-state index contributed by atoms with van der Waals surface area (Å²) in [6.07, 6.45) is 2.89. The summed E-state index contributed by atoms with van der Waals surface area (Å²) in [5, 5.41) is 3.23. The third kappa shape index (κ3) is 4.70. The molecule has 1 aliphatic rings. The molecule has 148 valence electrons. The number of anilines is 2. The highest BCUT2D eigenvalue weighted by Gasteiger charge is 2.25. The number of benzene rings is 1. The topological polar surface area (TPSA) is 84.0 Å². The number of carbonyl (C=O) groups is 2. The van der Waals surface area contributed by atoms with Crippen molar-refractivity contribution in [3.05, 3.63) is 48.3 Å². The van der Waals surface area contributed by atoms with Crippen molar-refractivity contribution >= 4 is 23.4 Å². The fraction of sp³-hybridized carbons (Fsp3) is 0.350. The van der Waals surface area contributed by atoms with E-state index in [2.05, 4.69) is 10.3 Å². The summed E-state index contributed by atoms with van der Waals surface area (Å²) in [5.41, 5.74) is 2.10. The fourth-order valence-corrected chi connectivity index (χ4v) is 2.96. The van der Waals surface area contributed by atoms with Crippen molar-refractivity contribution < 1.29 is 19.1 Å². The van der Waals surface area contributed by atoms with E-state index in [1.807, 2.05) is 24.3 Å². The maximum atomic E-state index is 12.8. The molecule has 2 heterocycles. The largest absolute Gasteiger partial charge is 0.497 e. The minimum absolute atomic E-state index is 0.102. The van der Waals surface area contributed by atoms with Crippen molar-refractivity contribution in [2.24, 2.45) is 0 Å². The Kier molecular flexibility index (Phi) is 6.31. The molecule has 1 saturated heterocycles. The van der Waals surface area contributed by atoms with Crippen LogP contribution in [0.15, 0.2) is 42.7 Å². The normalized spacial score (nSPS) is 13.8. The summed E-state index contributed by atoms with van der Waals surface area (Å²) >= 11 is 0. The van der Waals surface area contributed by atoms with Gasteiger partial charge >= 0.3 is 6.09 Å². The van der Waals surface area contributed by atoms with Crippen molar-refractivity contribution in [3.8, 4) is 5.75 Å². The predicted octanol–water partition coefficient (Wildman–Crippen LogP) is 2.75. The van der Waals surface area contributed by atoms with Crippen LogP contribution in [-0.2, 0) is 4.74 Å². The van der Waals surface area contributed by atoms with Gasteiger partial charge in [-0.3, -0.25) is 9.78 Å². The standard InChI is InChI=1S/C20H24N4O4/c1-3-28-20(26)24-10-8-23(9-11-24)19(25)15-12-17(14-21-13-15)22-16-4-6-18(27-2)7-5-16/h4-7,12-14,22H,3,8-11H2,1-2H3. The smallest absolute Gasteiger partial charge is 0.409 e. The highest BCUT2D eigenvalue weighted by atomic mass is 16.6. The van der Waals surface area contributed by atoms with Gasteiger partial charge in [-0.2, -0.15) is 0 Å². The van der Waals surface area contributed by atoms with Gasteiger partial charge in [-0.15, -0.1) is 0 Å². The first-order chi connectivity index (χ1) is 13.6. The van der Waals surface area contributed by atoms with Gasteiger partial charge in [-0.05, 0) is 37.3 Å². The molecule has 0 atom stereocenters. The maximum Gasteiger partial charge on any atom is 0.409 e. The van der Waals surface area contributed by atoms with Crippen molar-refractivity contribution in [2.45, 2.75) is 6.92 Å². The zero-order chi connectivity index (χ0) is 19.9. The van der Waals surface area contributed by atoms with Crippen LogP contribution in [-0.4, -0.2) is 66.7 Å². The summed E-state index contributed by atoms with van der Waals surface area (Å²) in [5.74, 6) is 0.670. The SMILES string of the molecule is CCOC(=O)N1CCN(C(=O)c2cncc(Nc3ccc(OC)cc3)c2)CC1. The Hall–Kier alpha value is -3.29. The Morgan fingerprint density at radius 3 is 2.36 bits per heavy atom. The molecule has 1 aromatic heterocycles. The summed E-state index contributed by atoms with van der Waals surface area (Å²) in [7, 11) is 1.62. The van der Waals surface area contributed by atoms with Crippen LogP contribution in [0.25, 0.3) is 0 Å². The molecule has 1 aromatic carbocycles. The molecule has 0 saturated carbocycles. The molecule has 0 spiro atoms. The van der Waals surface area contributed by atoms with Crippen LogP contribution in [0.3, 0.4) is 0 Å². The van der Waals surface area contributed by atoms with Gasteiger partial charge in [0.1, 0.15) is 5.75 Å². The number of nitrogens with one attached hydrogen (secondary N) is 1. The molecule has 0 unspecified atom stereocenters. The quantitative estimate of drug-likeness (QED) is 0.853. The molecule has 1 N–H and O–H groups in total. The van der Waals surface area contributed by atoms with E-state index < -0.39 is 0 Å². The molecule has 1 aliphatic heterocycles. The minimum Gasteiger partial charge on any atom is -0.497 e. The van der Waals surface area contributed by atoms with Crippen LogP contribution >= 0.6 is 0 Å². The second kappa shape index (κ2) is 9.07. The molecule has 0 radical (unpaired) electrons. The molecule has 8 nitrogen and oxygen atoms in total. The van der Waals surface area contributed by atoms with Gasteiger partial charge in [0.15, 0.2) is 0 Å². The lowest BCUT2D eigenvalue weighted by molar-refractivity contribution is 0.0570. The Bertz CT molecular complexity index is 817. The number of pyridine rings is 1. The molecule has 8 heteroatoms. The van der Waals surface area contributed by atoms with E-state index in [4.69, 9.17) is 9.47 Å². The van der Waals surface area contributed by atoms with Gasteiger partial charge in [0.2, 0.25) is 0 Å². The van der Waals surface area contributed by atoms with Crippen LogP contribution in [0.4, 0.5) is 16.2 Å². The monoisotopic (exact) mass is 384 g/mol. The number of ether oxygens (including phenoxy) is 2. The van der Waals surface area contributed by atoms with Gasteiger partial charge in [0.25, 0.3) is 5.91 Å². The summed E-state index contributed by atoms with van der Waals surface area (Å²) in [4.78, 5) is 32.1. The molecule has 2 amide bonds. The molecule has 1 fully saturated rings. The van der Waals surface area contributed by atoms with Gasteiger partial charge < -0.3 is 24.6 Å². The zero-order valence-corrected chi connectivity index (χ0v) is 16.1. The van der Waals surface area contributed by atoms with Crippen LogP contribution in [0.5, 0.6) is 5.75 Å². The zero-order valence-electron chi connectivity index (χ0n) is 16.1. The minimum atomic E-state index is -0.332. The van der Waals surface area contributed by atoms with E-state index in [1.54, 1.807) is 42.3 Å². The number of hydrogen-bond acceptors (Lipinski definition) is 6. The number of amides is 2. The number of piperazine rings is 1. The summed E-state index contributed by atoms with van der Waals surface area (Å²) in [6, 6.07) is 9.27. The van der Waals surface area contributed by atoms with Gasteiger partial charge in [0.05, 0.1) is 31.2 Å². The van der Waals surface area contributed by atoms with E-state index in [9.17, 15) is 9.59 Å². The lowest BCUT2D eigenvalue weighted by Crippen LogP contribution is -2.50. The molecule has 3 rings (SSSR count). The second-order valence-electron chi connectivity index (χ2n) is 6.29. The average Bonchev–Trinajstić information content (AvgIpc) is 2.74. The first-order valence-electron chi connectivity index (χ1n) is 9.18. The van der Waals surface area contributed by atoms with Crippen molar-refractivity contribution in [1.82, 2.24) is 14.8 Å². The lowest BCUT2D eigenvalue weighted by Gasteiger charge is -2.34. The van der Waals surface area contributed by atoms with E-state index in [0.717, 1.165) is 17.1 Å². The molecular formula is C20H24N4O4. The van der Waals surface area contributed by atoms with Crippen LogP contribution in [0.2, 0.25) is 0 Å². The Morgan fingerprint density at radius 2 is 1.71 bits per heavy atom. The fourth-order valence-electron chi connectivity index (χ4n) is 2.96. The molecule has 0 aliphatic carbocycles. The van der Waals surface area contributed by atoms with E-state index in [0.29, 0.717) is 38.3 Å². The Balaban J connectivity index is 1.61. The number of methoxy groups -OCH3 is 1. The Morgan fingerprint density at radius 1 is 1.04 bits per heavy atom. The van der Waals surface area contributed by atoms with Crippen LogP contribution in [0, 0.1) is 0 Å². The predicted molar refractivity (Wildman–Crippen MR) is 105 cm³/mol. The molecule has 28 heavy (non-hydrogen) atoms. The number of nitrogens with zero attached hydrogens (tertiary/aromatic N) is 3. The average molecular weight is 384 g/mol. The van der Waals surface area contributed by atoms with E-state index in [1.165, 1.54) is 0 Å². The van der Waals surface area contributed by atoms with E-state index in [-0.39, 0.29) is 12.0 Å². The van der Waals surface area contributed by atoms with Crippen LogP contribution < -0.4 is 10.1 Å². The number of aromatic nitrogens is 1. The summed E-state index contributed by atoms with van der Waals surface area (Å²) in [6.45, 7) is 3.97. The van der Waals surface area contributed by atoms with Gasteiger partial charge in [-0.1, -0.05) is 0 Å². The third-order valence-electron chi connectivity index (χ3n) is 4.46. The number of hydrogen-bond donors (Lipinski definition) is 1. The Labute approximate surface area is 164 Å². The highest BCUT2D eigenvalue weighted by molar-refractivity contribution is 5.95. The first kappa shape index (κ1) is 19.5. The highest BCUT2D eigenvalue weighted by Crippen LogP contribution is 2.20. The molecular weight excluding hydrogens is 360 g/mol. The first-order valence-corrected chi connectivity index (χ1v) is 9.18. The molecule has 2 aromatic rings. The van der Waals surface area contributed by atoms with Crippen molar-refractivity contribution in [2.75, 3.05) is 45.2 Å². The van der Waals surface area contributed by atoms with Crippen molar-refractivity contribution in [1.29, 1.82) is 0 Å². The van der Waals surface area contributed by atoms with Crippen molar-refractivity contribution in [3.63, 3.8) is 0 Å². The molecule has 0 bridgehead atoms. The lowest BCUT2D eigenvalue weighted by atomic mass is 10.2. The van der Waals surface area contributed by atoms with E-state index >= 15 is 0 Å². The third-order valence-corrected chi connectivity index (χ3v) is 4.46. The van der Waals surface area contributed by atoms with Gasteiger partial charge in [-0.25, -0.2) is 4.79 Å². The maximum absolute atomic E-state index is 12.8. The second-order valence-corrected chi connectivity index (χ2v) is 6.29. The van der Waals surface area contributed by atoms with Crippen LogP contribution in [0.1, 0.15) is 17.3 Å². The summed E-state index contributed by atoms with van der Waals surface area (Å²) < 4.78 is 10.2. The number of carbonyl (C=O) groups excluding carboxylic acids is 2.